The average Bonchev–Trinajstić information content (AvgIpc) is 2.58. The van der Waals surface area contributed by atoms with Gasteiger partial charge < -0.3 is 20.3 Å². The zero-order valence-corrected chi connectivity index (χ0v) is 13.8. The Bertz CT molecular complexity index is 637. The first-order valence-electron chi connectivity index (χ1n) is 7.74. The lowest BCUT2D eigenvalue weighted by molar-refractivity contribution is 0.262. The Morgan fingerprint density at radius 3 is 2.26 bits per heavy atom. The standard InChI is InChI=1S/C18H23N3O2/c1-4-21(5-2)15-12-10-14(11-13-15)19-18(22)20-16-8-6-7-9-17(16)23-3/h6-13H,4-5H2,1-3H3,(H2,19,20,22). The van der Waals surface area contributed by atoms with Gasteiger partial charge >= 0.3 is 6.03 Å². The Morgan fingerprint density at radius 1 is 1.00 bits per heavy atom. The van der Waals surface area contributed by atoms with Gasteiger partial charge in [-0.1, -0.05) is 12.1 Å². The molecular formula is C18H23N3O2. The van der Waals surface area contributed by atoms with Gasteiger partial charge in [0.2, 0.25) is 0 Å². The molecule has 0 atom stereocenters. The van der Waals surface area contributed by atoms with Crippen LogP contribution < -0.4 is 20.3 Å². The number of hydrogen-bond donors (Lipinski definition) is 2. The molecule has 23 heavy (non-hydrogen) atoms. The van der Waals surface area contributed by atoms with Crippen LogP contribution in [0.1, 0.15) is 13.8 Å². The van der Waals surface area contributed by atoms with Crippen molar-refractivity contribution in [2.24, 2.45) is 0 Å². The number of carbonyl (C=O) groups excluding carboxylic acids is 1. The molecule has 0 fully saturated rings. The Morgan fingerprint density at radius 2 is 1.65 bits per heavy atom. The molecule has 0 aliphatic rings. The molecular weight excluding hydrogens is 290 g/mol. The van der Waals surface area contributed by atoms with E-state index < -0.39 is 0 Å². The van der Waals surface area contributed by atoms with E-state index in [0.717, 1.165) is 24.5 Å². The summed E-state index contributed by atoms with van der Waals surface area (Å²) in [6.45, 7) is 6.15. The zero-order valence-electron chi connectivity index (χ0n) is 13.8. The molecule has 2 amide bonds. The topological polar surface area (TPSA) is 53.6 Å². The predicted octanol–water partition coefficient (Wildman–Crippen LogP) is 4.19. The Kier molecular flexibility index (Phi) is 5.86. The SMILES string of the molecule is CCN(CC)c1ccc(NC(=O)Nc2ccccc2OC)cc1. The molecule has 0 aliphatic heterocycles. The van der Waals surface area contributed by atoms with Gasteiger partial charge in [0.25, 0.3) is 0 Å². The van der Waals surface area contributed by atoms with Crippen molar-refractivity contribution in [1.82, 2.24) is 0 Å². The molecule has 0 aromatic heterocycles. The van der Waals surface area contributed by atoms with Crippen LogP contribution in [0.2, 0.25) is 0 Å². The van der Waals surface area contributed by atoms with Crippen LogP contribution in [0, 0.1) is 0 Å². The molecule has 0 saturated heterocycles. The van der Waals surface area contributed by atoms with Crippen molar-refractivity contribution in [3.63, 3.8) is 0 Å². The molecule has 5 nitrogen and oxygen atoms in total. The molecule has 5 heteroatoms. The van der Waals surface area contributed by atoms with E-state index in [0.29, 0.717) is 11.4 Å². The molecule has 0 spiro atoms. The van der Waals surface area contributed by atoms with Crippen molar-refractivity contribution < 1.29 is 9.53 Å². The van der Waals surface area contributed by atoms with Crippen LogP contribution in [0.5, 0.6) is 5.75 Å². The average molecular weight is 313 g/mol. The fourth-order valence-corrected chi connectivity index (χ4v) is 2.38. The highest BCUT2D eigenvalue weighted by Gasteiger charge is 2.07. The largest absolute Gasteiger partial charge is 0.495 e. The predicted molar refractivity (Wildman–Crippen MR) is 95.6 cm³/mol. The van der Waals surface area contributed by atoms with Crippen LogP contribution >= 0.6 is 0 Å². The molecule has 2 aromatic carbocycles. The van der Waals surface area contributed by atoms with E-state index in [9.17, 15) is 4.79 Å². The van der Waals surface area contributed by atoms with Crippen LogP contribution in [0.25, 0.3) is 0 Å². The minimum atomic E-state index is -0.301. The summed E-state index contributed by atoms with van der Waals surface area (Å²) in [5.41, 5.74) is 2.52. The summed E-state index contributed by atoms with van der Waals surface area (Å²) in [5, 5.41) is 5.60. The summed E-state index contributed by atoms with van der Waals surface area (Å²) in [4.78, 5) is 14.3. The minimum Gasteiger partial charge on any atom is -0.495 e. The molecule has 0 heterocycles. The van der Waals surface area contributed by atoms with Crippen molar-refractivity contribution >= 4 is 23.1 Å². The summed E-state index contributed by atoms with van der Waals surface area (Å²) in [5.74, 6) is 0.625. The second-order valence-corrected chi connectivity index (χ2v) is 5.00. The second kappa shape index (κ2) is 8.08. The third kappa shape index (κ3) is 4.39. The van der Waals surface area contributed by atoms with Crippen LogP contribution in [0.4, 0.5) is 21.9 Å². The summed E-state index contributed by atoms with van der Waals surface area (Å²) in [6, 6.07) is 14.8. The number of ether oxygens (including phenoxy) is 1. The van der Waals surface area contributed by atoms with Gasteiger partial charge in [-0.25, -0.2) is 4.79 Å². The maximum Gasteiger partial charge on any atom is 0.323 e. The van der Waals surface area contributed by atoms with Gasteiger partial charge in [0.1, 0.15) is 5.75 Å². The quantitative estimate of drug-likeness (QED) is 0.841. The number of amides is 2. The number of anilines is 3. The summed E-state index contributed by atoms with van der Waals surface area (Å²) >= 11 is 0. The third-order valence-corrected chi connectivity index (χ3v) is 3.61. The Hall–Kier alpha value is -2.69. The highest BCUT2D eigenvalue weighted by molar-refractivity contribution is 6.00. The first kappa shape index (κ1) is 16.7. The summed E-state index contributed by atoms with van der Waals surface area (Å²) in [6.07, 6.45) is 0. The zero-order chi connectivity index (χ0) is 16.7. The van der Waals surface area contributed by atoms with Gasteiger partial charge in [-0.05, 0) is 50.2 Å². The molecule has 0 saturated carbocycles. The van der Waals surface area contributed by atoms with E-state index in [-0.39, 0.29) is 6.03 Å². The fraction of sp³-hybridized carbons (Fsp3) is 0.278. The van der Waals surface area contributed by atoms with Gasteiger partial charge in [0, 0.05) is 24.5 Å². The van der Waals surface area contributed by atoms with Gasteiger partial charge in [0.05, 0.1) is 12.8 Å². The van der Waals surface area contributed by atoms with Gasteiger partial charge in [-0.2, -0.15) is 0 Å². The lowest BCUT2D eigenvalue weighted by Gasteiger charge is -2.21. The molecule has 0 radical (unpaired) electrons. The first-order chi connectivity index (χ1) is 11.2. The van der Waals surface area contributed by atoms with Crippen molar-refractivity contribution in [1.29, 1.82) is 0 Å². The number of para-hydroxylation sites is 2. The van der Waals surface area contributed by atoms with E-state index in [4.69, 9.17) is 4.74 Å². The number of rotatable bonds is 6. The van der Waals surface area contributed by atoms with Crippen molar-refractivity contribution in [2.75, 3.05) is 35.7 Å². The van der Waals surface area contributed by atoms with E-state index in [1.54, 1.807) is 19.2 Å². The van der Waals surface area contributed by atoms with E-state index in [1.807, 2.05) is 36.4 Å². The highest BCUT2D eigenvalue weighted by Crippen LogP contribution is 2.23. The number of methoxy groups -OCH3 is 1. The highest BCUT2D eigenvalue weighted by atomic mass is 16.5. The molecule has 2 N–H and O–H groups in total. The molecule has 2 aromatic rings. The second-order valence-electron chi connectivity index (χ2n) is 5.00. The normalized spacial score (nSPS) is 10.0. The summed E-state index contributed by atoms with van der Waals surface area (Å²) in [7, 11) is 1.57. The van der Waals surface area contributed by atoms with Crippen LogP contribution in [0.3, 0.4) is 0 Å². The molecule has 0 unspecified atom stereocenters. The number of hydrogen-bond acceptors (Lipinski definition) is 3. The first-order valence-corrected chi connectivity index (χ1v) is 7.74. The van der Waals surface area contributed by atoms with E-state index in [1.165, 1.54) is 0 Å². The minimum absolute atomic E-state index is 0.301. The summed E-state index contributed by atoms with van der Waals surface area (Å²) < 4.78 is 5.22. The Balaban J connectivity index is 2.00. The van der Waals surface area contributed by atoms with Crippen LogP contribution in [-0.4, -0.2) is 26.2 Å². The lowest BCUT2D eigenvalue weighted by atomic mass is 10.2. The smallest absolute Gasteiger partial charge is 0.323 e. The van der Waals surface area contributed by atoms with Crippen molar-refractivity contribution in [3.05, 3.63) is 48.5 Å². The number of nitrogens with zero attached hydrogens (tertiary/aromatic N) is 1. The molecule has 0 aliphatic carbocycles. The van der Waals surface area contributed by atoms with Crippen molar-refractivity contribution in [3.8, 4) is 5.75 Å². The monoisotopic (exact) mass is 313 g/mol. The van der Waals surface area contributed by atoms with Gasteiger partial charge in [-0.15, -0.1) is 0 Å². The van der Waals surface area contributed by atoms with Crippen LogP contribution in [0.15, 0.2) is 48.5 Å². The number of carbonyl (C=O) groups is 1. The molecule has 0 bridgehead atoms. The Labute approximate surface area is 137 Å². The number of nitrogens with one attached hydrogen (secondary N) is 2. The number of benzene rings is 2. The number of urea groups is 1. The van der Waals surface area contributed by atoms with Crippen LogP contribution in [-0.2, 0) is 0 Å². The molecule has 2 rings (SSSR count). The maximum absolute atomic E-state index is 12.1. The lowest BCUT2D eigenvalue weighted by Crippen LogP contribution is -2.22. The third-order valence-electron chi connectivity index (χ3n) is 3.61. The fourth-order valence-electron chi connectivity index (χ4n) is 2.38. The van der Waals surface area contributed by atoms with E-state index >= 15 is 0 Å². The van der Waals surface area contributed by atoms with E-state index in [2.05, 4.69) is 29.4 Å². The van der Waals surface area contributed by atoms with Gasteiger partial charge in [-0.3, -0.25) is 0 Å². The molecule has 122 valence electrons. The van der Waals surface area contributed by atoms with Gasteiger partial charge in [0.15, 0.2) is 0 Å². The maximum atomic E-state index is 12.1. The van der Waals surface area contributed by atoms with Crippen molar-refractivity contribution in [2.45, 2.75) is 13.8 Å².